The summed E-state index contributed by atoms with van der Waals surface area (Å²) in [6.45, 7) is 4.44. The van der Waals surface area contributed by atoms with Gasteiger partial charge in [0.2, 0.25) is 17.0 Å². The van der Waals surface area contributed by atoms with Crippen LogP contribution < -0.4 is 20.7 Å². The molecule has 0 saturated heterocycles. The lowest BCUT2D eigenvalue weighted by Gasteiger charge is -2.14. The maximum absolute atomic E-state index is 5.50. The first-order valence-corrected chi connectivity index (χ1v) is 11.2. The Morgan fingerprint density at radius 3 is 2.43 bits per heavy atom. The van der Waals surface area contributed by atoms with Crippen LogP contribution in [-0.2, 0) is 6.54 Å². The number of anilines is 3. The van der Waals surface area contributed by atoms with Crippen molar-refractivity contribution in [3.63, 3.8) is 0 Å². The van der Waals surface area contributed by atoms with Crippen molar-refractivity contribution in [1.82, 2.24) is 24.7 Å². The number of aliphatic imine (C=N–C) groups is 1. The van der Waals surface area contributed by atoms with Crippen LogP contribution in [0.3, 0.4) is 0 Å². The van der Waals surface area contributed by atoms with E-state index >= 15 is 0 Å². The molecular formula is C24H25N9OS. The number of aryl methyl sites for hydroxylation is 2. The van der Waals surface area contributed by atoms with Gasteiger partial charge in [-0.2, -0.15) is 10.1 Å². The van der Waals surface area contributed by atoms with Crippen molar-refractivity contribution in [2.75, 3.05) is 23.1 Å². The molecule has 0 aliphatic carbocycles. The van der Waals surface area contributed by atoms with Crippen LogP contribution in [0.5, 0.6) is 5.75 Å². The Kier molecular flexibility index (Phi) is 7.58. The molecule has 0 spiro atoms. The van der Waals surface area contributed by atoms with Crippen LogP contribution in [0.1, 0.15) is 17.0 Å². The van der Waals surface area contributed by atoms with E-state index in [1.807, 2.05) is 68.4 Å². The van der Waals surface area contributed by atoms with Crippen LogP contribution in [0.25, 0.3) is 0 Å². The van der Waals surface area contributed by atoms with Crippen molar-refractivity contribution in [3.05, 3.63) is 84.2 Å². The lowest BCUT2D eigenvalue weighted by atomic mass is 10.2. The summed E-state index contributed by atoms with van der Waals surface area (Å²) in [7, 11) is 1.60. The molecule has 2 aromatic carbocycles. The average Bonchev–Trinajstić information content (AvgIpc) is 3.33. The Labute approximate surface area is 208 Å². The molecule has 0 unspecified atom stereocenters. The monoisotopic (exact) mass is 487 g/mol. The number of nitrogens with zero attached hydrogens (tertiary/aromatic N) is 6. The molecule has 0 amide bonds. The minimum Gasteiger partial charge on any atom is -0.495 e. The van der Waals surface area contributed by atoms with E-state index in [9.17, 15) is 0 Å². The van der Waals surface area contributed by atoms with E-state index < -0.39 is 0 Å². The molecule has 11 heteroatoms. The summed E-state index contributed by atoms with van der Waals surface area (Å²) in [4.78, 5) is 17.4. The number of rotatable bonds is 6. The summed E-state index contributed by atoms with van der Waals surface area (Å²) >= 11 is 5.50. The largest absolute Gasteiger partial charge is 0.495 e. The van der Waals surface area contributed by atoms with Gasteiger partial charge < -0.3 is 15.4 Å². The molecule has 10 nitrogen and oxygen atoms in total. The highest BCUT2D eigenvalue weighted by Gasteiger charge is 2.09. The zero-order valence-electron chi connectivity index (χ0n) is 19.6. The third kappa shape index (κ3) is 6.81. The second kappa shape index (κ2) is 11.2. The van der Waals surface area contributed by atoms with Gasteiger partial charge in [-0.15, -0.1) is 0 Å². The molecule has 4 aromatic rings. The molecule has 178 valence electrons. The Morgan fingerprint density at radius 1 is 1.00 bits per heavy atom. The summed E-state index contributed by atoms with van der Waals surface area (Å²) < 4.78 is 7.15. The quantitative estimate of drug-likeness (QED) is 0.211. The molecular weight excluding hydrogens is 462 g/mol. The van der Waals surface area contributed by atoms with Gasteiger partial charge in [0.25, 0.3) is 0 Å². The Hall–Kier alpha value is -4.38. The maximum atomic E-state index is 5.50. The average molecular weight is 488 g/mol. The third-order valence-electron chi connectivity index (χ3n) is 4.80. The van der Waals surface area contributed by atoms with Crippen molar-refractivity contribution in [1.29, 1.82) is 0 Å². The normalized spacial score (nSPS) is 11.1. The van der Waals surface area contributed by atoms with Gasteiger partial charge in [-0.05, 0) is 62.0 Å². The molecule has 0 aliphatic rings. The topological polar surface area (TPSA) is 114 Å². The number of ether oxygens (including phenoxy) is 1. The highest BCUT2D eigenvalue weighted by atomic mass is 32.1. The van der Waals surface area contributed by atoms with Crippen molar-refractivity contribution in [3.8, 4) is 5.75 Å². The summed E-state index contributed by atoms with van der Waals surface area (Å²) in [5.41, 5.74) is 4.28. The smallest absolute Gasteiger partial charge is 0.229 e. The molecule has 0 atom stereocenters. The fourth-order valence-corrected chi connectivity index (χ4v) is 3.50. The molecule has 0 radical (unpaired) electrons. The standard InChI is InChI=1S/C24H25N9OS/c1-16-12-17(2)28-22(27-16)31-23(32-24(35)30-20-6-4-5-7-21(20)34-3)29-19-10-8-18(9-11-19)13-33-15-25-14-26-33/h4-12,14-15H,13H2,1-3H3,(H3,27,28,29,30,31,32,35). The van der Waals surface area contributed by atoms with E-state index in [-0.39, 0.29) is 5.11 Å². The fraction of sp³-hybridized carbons (Fsp3) is 0.167. The number of methoxy groups -OCH3 is 1. The Bertz CT molecular complexity index is 1300. The van der Waals surface area contributed by atoms with Crippen LogP contribution in [0.2, 0.25) is 0 Å². The van der Waals surface area contributed by atoms with E-state index in [2.05, 4.69) is 41.0 Å². The van der Waals surface area contributed by atoms with Crippen molar-refractivity contribution in [2.24, 2.45) is 4.99 Å². The Balaban J connectivity index is 1.55. The summed E-state index contributed by atoms with van der Waals surface area (Å²) in [6.07, 6.45) is 3.20. The number of hydrogen-bond acceptors (Lipinski definition) is 6. The molecule has 4 rings (SSSR count). The SMILES string of the molecule is COc1ccccc1NC(=S)/N=C(\Nc1ccc(Cn2cncn2)cc1)Nc1nc(C)cc(C)n1. The predicted molar refractivity (Wildman–Crippen MR) is 141 cm³/mol. The minimum atomic E-state index is 0.233. The van der Waals surface area contributed by atoms with Gasteiger partial charge in [-0.25, -0.2) is 19.6 Å². The first-order valence-electron chi connectivity index (χ1n) is 10.8. The molecule has 2 aromatic heterocycles. The van der Waals surface area contributed by atoms with Gasteiger partial charge in [0.1, 0.15) is 18.4 Å². The molecule has 0 aliphatic heterocycles. The second-order valence-electron chi connectivity index (χ2n) is 7.61. The summed E-state index contributed by atoms with van der Waals surface area (Å²) in [5, 5.41) is 13.9. The van der Waals surface area contributed by atoms with Gasteiger partial charge in [-0.1, -0.05) is 24.3 Å². The highest BCUT2D eigenvalue weighted by molar-refractivity contribution is 7.80. The highest BCUT2D eigenvalue weighted by Crippen LogP contribution is 2.23. The van der Waals surface area contributed by atoms with Crippen LogP contribution in [0, 0.1) is 13.8 Å². The molecule has 2 heterocycles. The summed E-state index contributed by atoms with van der Waals surface area (Å²) in [6, 6.07) is 17.3. The molecule has 0 bridgehead atoms. The number of guanidine groups is 1. The lowest BCUT2D eigenvalue weighted by Crippen LogP contribution is -2.26. The minimum absolute atomic E-state index is 0.233. The zero-order valence-corrected chi connectivity index (χ0v) is 20.4. The molecule has 0 saturated carbocycles. The maximum Gasteiger partial charge on any atom is 0.229 e. The first-order chi connectivity index (χ1) is 17.0. The number of hydrogen-bond donors (Lipinski definition) is 3. The molecule has 35 heavy (non-hydrogen) atoms. The van der Waals surface area contributed by atoms with E-state index in [1.165, 1.54) is 6.33 Å². The van der Waals surface area contributed by atoms with Gasteiger partial charge >= 0.3 is 0 Å². The van der Waals surface area contributed by atoms with Crippen LogP contribution in [0.4, 0.5) is 17.3 Å². The zero-order chi connectivity index (χ0) is 24.6. The van der Waals surface area contributed by atoms with Crippen LogP contribution in [-0.4, -0.2) is 42.9 Å². The number of aromatic nitrogens is 5. The fourth-order valence-electron chi connectivity index (χ4n) is 3.30. The third-order valence-corrected chi connectivity index (χ3v) is 5.00. The second-order valence-corrected chi connectivity index (χ2v) is 7.99. The van der Waals surface area contributed by atoms with Gasteiger partial charge in [-0.3, -0.25) is 5.32 Å². The molecule has 0 fully saturated rings. The van der Waals surface area contributed by atoms with Crippen LogP contribution >= 0.6 is 12.2 Å². The lowest BCUT2D eigenvalue weighted by molar-refractivity contribution is 0.417. The number of para-hydroxylation sites is 2. The van der Waals surface area contributed by atoms with Gasteiger partial charge in [0, 0.05) is 17.1 Å². The van der Waals surface area contributed by atoms with Gasteiger partial charge in [0.15, 0.2) is 0 Å². The van der Waals surface area contributed by atoms with E-state index in [0.717, 1.165) is 22.6 Å². The summed E-state index contributed by atoms with van der Waals surface area (Å²) in [5.74, 6) is 1.44. The number of benzene rings is 2. The van der Waals surface area contributed by atoms with Crippen molar-refractivity contribution < 1.29 is 4.74 Å². The van der Waals surface area contributed by atoms with Crippen LogP contribution in [0.15, 0.2) is 72.2 Å². The van der Waals surface area contributed by atoms with E-state index in [0.29, 0.717) is 29.9 Å². The van der Waals surface area contributed by atoms with Crippen molar-refractivity contribution >= 4 is 40.6 Å². The van der Waals surface area contributed by atoms with Crippen molar-refractivity contribution in [2.45, 2.75) is 20.4 Å². The first kappa shape index (κ1) is 23.8. The van der Waals surface area contributed by atoms with Gasteiger partial charge in [0.05, 0.1) is 19.3 Å². The Morgan fingerprint density at radius 2 is 1.74 bits per heavy atom. The van der Waals surface area contributed by atoms with E-state index in [1.54, 1.807) is 18.1 Å². The molecule has 3 N–H and O–H groups in total. The number of nitrogens with one attached hydrogen (secondary N) is 3. The predicted octanol–water partition coefficient (Wildman–Crippen LogP) is 4.02. The number of thiocarbonyl (C=S) groups is 1. The van der Waals surface area contributed by atoms with E-state index in [4.69, 9.17) is 17.0 Å².